The zero-order chi connectivity index (χ0) is 21.9. The number of carbonyl (C=O) groups is 2. The highest BCUT2D eigenvalue weighted by molar-refractivity contribution is 5.93. The van der Waals surface area contributed by atoms with Gasteiger partial charge in [0.25, 0.3) is 0 Å². The maximum atomic E-state index is 12.7. The van der Waals surface area contributed by atoms with E-state index in [9.17, 15) is 9.59 Å². The first-order valence-electron chi connectivity index (χ1n) is 10.6. The summed E-state index contributed by atoms with van der Waals surface area (Å²) in [5.41, 5.74) is 2.16. The summed E-state index contributed by atoms with van der Waals surface area (Å²) in [6, 6.07) is 14.9. The number of nitrogens with zero attached hydrogens (tertiary/aromatic N) is 2. The number of likely N-dealkylation sites (tertiary alicyclic amines) is 1. The Labute approximate surface area is 185 Å². The molecule has 2 aliphatic heterocycles. The van der Waals surface area contributed by atoms with Crippen LogP contribution in [-0.2, 0) is 16.0 Å². The summed E-state index contributed by atoms with van der Waals surface area (Å²) < 4.78 is 16.2. The van der Waals surface area contributed by atoms with E-state index in [1.165, 1.54) is 6.26 Å². The molecule has 3 aromatic rings. The van der Waals surface area contributed by atoms with Crippen molar-refractivity contribution in [3.63, 3.8) is 0 Å². The van der Waals surface area contributed by atoms with Gasteiger partial charge in [-0.25, -0.2) is 4.98 Å². The fraction of sp³-hybridized carbons (Fsp3) is 0.292. The second kappa shape index (κ2) is 8.74. The number of nitrogens with one attached hydrogen (secondary N) is 1. The number of hydrogen-bond donors (Lipinski definition) is 1. The molecule has 5 rings (SSSR count). The average Bonchev–Trinajstić information content (AvgIpc) is 3.49. The molecule has 2 amide bonds. The van der Waals surface area contributed by atoms with Crippen LogP contribution in [-0.4, -0.2) is 41.6 Å². The van der Waals surface area contributed by atoms with E-state index in [0.29, 0.717) is 54.7 Å². The topological polar surface area (TPSA) is 93.9 Å². The van der Waals surface area contributed by atoms with Crippen LogP contribution in [0.15, 0.2) is 59.2 Å². The Hall–Kier alpha value is -3.81. The van der Waals surface area contributed by atoms with E-state index in [0.717, 1.165) is 5.56 Å². The van der Waals surface area contributed by atoms with Gasteiger partial charge in [0.2, 0.25) is 24.5 Å². The molecule has 8 nitrogen and oxygen atoms in total. The van der Waals surface area contributed by atoms with Crippen LogP contribution >= 0.6 is 0 Å². The third-order valence-electron chi connectivity index (χ3n) is 5.76. The van der Waals surface area contributed by atoms with Crippen LogP contribution in [0.3, 0.4) is 0 Å². The molecule has 3 heterocycles. The van der Waals surface area contributed by atoms with Gasteiger partial charge >= 0.3 is 0 Å². The highest BCUT2D eigenvalue weighted by Crippen LogP contribution is 2.34. The molecule has 2 aromatic carbocycles. The van der Waals surface area contributed by atoms with Gasteiger partial charge in [0.1, 0.15) is 6.26 Å². The highest BCUT2D eigenvalue weighted by Gasteiger charge is 2.28. The number of fused-ring (bicyclic) bond motifs is 1. The zero-order valence-electron chi connectivity index (χ0n) is 17.5. The number of piperidine rings is 1. The van der Waals surface area contributed by atoms with E-state index in [1.54, 1.807) is 23.1 Å². The smallest absolute Gasteiger partial charge is 0.231 e. The summed E-state index contributed by atoms with van der Waals surface area (Å²) in [5, 5.41) is 2.94. The summed E-state index contributed by atoms with van der Waals surface area (Å²) in [5.74, 6) is 1.63. The highest BCUT2D eigenvalue weighted by atomic mass is 16.7. The van der Waals surface area contributed by atoms with Crippen LogP contribution < -0.4 is 14.8 Å². The second-order valence-corrected chi connectivity index (χ2v) is 7.90. The molecule has 0 saturated carbocycles. The first-order chi connectivity index (χ1) is 15.7. The lowest BCUT2D eigenvalue weighted by Crippen LogP contribution is -2.42. The molecule has 1 saturated heterocycles. The van der Waals surface area contributed by atoms with Crippen LogP contribution in [0.5, 0.6) is 11.5 Å². The molecule has 0 aliphatic carbocycles. The molecule has 0 unspecified atom stereocenters. The van der Waals surface area contributed by atoms with Gasteiger partial charge in [-0.15, -0.1) is 0 Å². The number of hydrogen-bond acceptors (Lipinski definition) is 6. The van der Waals surface area contributed by atoms with Crippen molar-refractivity contribution in [2.24, 2.45) is 5.92 Å². The van der Waals surface area contributed by atoms with E-state index < -0.39 is 0 Å². The molecule has 2 aliphatic rings. The lowest BCUT2D eigenvalue weighted by atomic mass is 9.95. The lowest BCUT2D eigenvalue weighted by Gasteiger charge is -2.31. The standard InChI is InChI=1S/C24H23N3O5/c28-22(13-19-14-30-24(26-19)17-4-2-1-3-5-17)27-10-8-16(9-11-27)23(29)25-18-6-7-20-21(12-18)32-15-31-20/h1-7,12,14,16H,8-11,13,15H2,(H,25,29). The number of aromatic nitrogens is 1. The first-order valence-corrected chi connectivity index (χ1v) is 10.6. The molecular weight excluding hydrogens is 410 g/mol. The number of benzene rings is 2. The predicted molar refractivity (Wildman–Crippen MR) is 116 cm³/mol. The third-order valence-corrected chi connectivity index (χ3v) is 5.76. The van der Waals surface area contributed by atoms with Crippen LogP contribution in [0.2, 0.25) is 0 Å². The maximum Gasteiger partial charge on any atom is 0.231 e. The number of anilines is 1. The molecule has 0 radical (unpaired) electrons. The number of ether oxygens (including phenoxy) is 2. The normalized spacial score (nSPS) is 15.6. The minimum atomic E-state index is -0.138. The van der Waals surface area contributed by atoms with Gasteiger partial charge in [0, 0.05) is 36.3 Å². The van der Waals surface area contributed by atoms with Crippen molar-refractivity contribution in [3.8, 4) is 23.0 Å². The molecule has 0 bridgehead atoms. The van der Waals surface area contributed by atoms with Crippen LogP contribution in [0.4, 0.5) is 5.69 Å². The summed E-state index contributed by atoms with van der Waals surface area (Å²) in [6.07, 6.45) is 2.96. The van der Waals surface area contributed by atoms with Gasteiger partial charge in [-0.1, -0.05) is 18.2 Å². The van der Waals surface area contributed by atoms with E-state index in [2.05, 4.69) is 10.3 Å². The fourth-order valence-electron chi connectivity index (χ4n) is 3.98. The maximum absolute atomic E-state index is 12.7. The quantitative estimate of drug-likeness (QED) is 0.662. The predicted octanol–water partition coefficient (Wildman–Crippen LogP) is 3.49. The molecule has 164 valence electrons. The van der Waals surface area contributed by atoms with Gasteiger partial charge in [-0.2, -0.15) is 0 Å². The van der Waals surface area contributed by atoms with Gasteiger partial charge in [-0.05, 0) is 37.1 Å². The van der Waals surface area contributed by atoms with Crippen LogP contribution in [0.25, 0.3) is 11.5 Å². The Kier molecular flexibility index (Phi) is 5.49. The van der Waals surface area contributed by atoms with Crippen LogP contribution in [0.1, 0.15) is 18.5 Å². The Balaban J connectivity index is 1.12. The lowest BCUT2D eigenvalue weighted by molar-refractivity contribution is -0.133. The van der Waals surface area contributed by atoms with Crippen molar-refractivity contribution in [3.05, 3.63) is 60.5 Å². The Morgan fingerprint density at radius 2 is 1.81 bits per heavy atom. The van der Waals surface area contributed by atoms with Crippen molar-refractivity contribution in [2.75, 3.05) is 25.2 Å². The molecule has 8 heteroatoms. The average molecular weight is 433 g/mol. The molecule has 1 N–H and O–H groups in total. The van der Waals surface area contributed by atoms with E-state index in [1.807, 2.05) is 30.3 Å². The minimum absolute atomic E-state index is 0.00691. The summed E-state index contributed by atoms with van der Waals surface area (Å²) in [6.45, 7) is 1.28. The van der Waals surface area contributed by atoms with Crippen molar-refractivity contribution < 1.29 is 23.5 Å². The van der Waals surface area contributed by atoms with E-state index in [-0.39, 0.29) is 30.9 Å². The summed E-state index contributed by atoms with van der Waals surface area (Å²) in [4.78, 5) is 31.6. The Bertz CT molecular complexity index is 1120. The largest absolute Gasteiger partial charge is 0.454 e. The number of amides is 2. The van der Waals surface area contributed by atoms with Gasteiger partial charge in [0.05, 0.1) is 12.1 Å². The summed E-state index contributed by atoms with van der Waals surface area (Å²) in [7, 11) is 0. The molecular formula is C24H23N3O5. The molecule has 1 fully saturated rings. The molecule has 1 aromatic heterocycles. The van der Waals surface area contributed by atoms with E-state index in [4.69, 9.17) is 13.9 Å². The van der Waals surface area contributed by atoms with E-state index >= 15 is 0 Å². The third kappa shape index (κ3) is 4.30. The van der Waals surface area contributed by atoms with Crippen molar-refractivity contribution in [1.29, 1.82) is 0 Å². The molecule has 0 spiro atoms. The number of rotatable bonds is 5. The van der Waals surface area contributed by atoms with Crippen molar-refractivity contribution >= 4 is 17.5 Å². The minimum Gasteiger partial charge on any atom is -0.454 e. The second-order valence-electron chi connectivity index (χ2n) is 7.90. The van der Waals surface area contributed by atoms with Crippen molar-refractivity contribution in [1.82, 2.24) is 9.88 Å². The Morgan fingerprint density at radius 3 is 2.62 bits per heavy atom. The number of carbonyl (C=O) groups excluding carboxylic acids is 2. The molecule has 0 atom stereocenters. The summed E-state index contributed by atoms with van der Waals surface area (Å²) >= 11 is 0. The first kappa shape index (κ1) is 20.1. The SMILES string of the molecule is O=C(Nc1ccc2c(c1)OCO2)C1CCN(C(=O)Cc2coc(-c3ccccc3)n2)CC1. The van der Waals surface area contributed by atoms with Gasteiger partial charge in [0.15, 0.2) is 11.5 Å². The van der Waals surface area contributed by atoms with Gasteiger partial charge < -0.3 is 24.1 Å². The fourth-order valence-corrected chi connectivity index (χ4v) is 3.98. The Morgan fingerprint density at radius 1 is 1.03 bits per heavy atom. The number of oxazole rings is 1. The van der Waals surface area contributed by atoms with Crippen molar-refractivity contribution in [2.45, 2.75) is 19.3 Å². The zero-order valence-corrected chi connectivity index (χ0v) is 17.5. The monoisotopic (exact) mass is 433 g/mol. The molecule has 32 heavy (non-hydrogen) atoms. The van der Waals surface area contributed by atoms with Crippen LogP contribution in [0, 0.1) is 5.92 Å². The van der Waals surface area contributed by atoms with Gasteiger partial charge in [-0.3, -0.25) is 9.59 Å².